The predicted molar refractivity (Wildman–Crippen MR) is 70.3 cm³/mol. The van der Waals surface area contributed by atoms with E-state index in [0.717, 1.165) is 18.5 Å². The van der Waals surface area contributed by atoms with Crippen LogP contribution in [0.3, 0.4) is 0 Å². The number of rotatable bonds is 6. The molecular weight excluding hydrogens is 247 g/mol. The Morgan fingerprint density at radius 2 is 2.05 bits per heavy atom. The van der Waals surface area contributed by atoms with Gasteiger partial charge in [-0.3, -0.25) is 0 Å². The molecule has 1 heterocycles. The number of nitrogen functional groups attached to an aromatic ring is 1. The Kier molecular flexibility index (Phi) is 4.33. The van der Waals surface area contributed by atoms with Gasteiger partial charge in [-0.15, -0.1) is 5.10 Å². The van der Waals surface area contributed by atoms with E-state index in [1.807, 2.05) is 0 Å². The minimum atomic E-state index is -0.276. The first-order chi connectivity index (χ1) is 9.20. The van der Waals surface area contributed by atoms with Crippen LogP contribution in [0.15, 0.2) is 24.3 Å². The second-order valence-electron chi connectivity index (χ2n) is 4.20. The number of anilines is 1. The van der Waals surface area contributed by atoms with Crippen LogP contribution >= 0.6 is 0 Å². The average molecular weight is 264 g/mol. The van der Waals surface area contributed by atoms with Crippen molar-refractivity contribution in [2.24, 2.45) is 0 Å². The Labute approximate surface area is 111 Å². The van der Waals surface area contributed by atoms with E-state index in [4.69, 9.17) is 10.5 Å². The Morgan fingerprint density at radius 3 is 2.74 bits per heavy atom. The summed E-state index contributed by atoms with van der Waals surface area (Å²) >= 11 is 0. The molecule has 6 heteroatoms. The van der Waals surface area contributed by atoms with Gasteiger partial charge in [0.15, 0.2) is 5.82 Å². The van der Waals surface area contributed by atoms with Gasteiger partial charge in [0, 0.05) is 0 Å². The predicted octanol–water partition coefficient (Wildman–Crippen LogP) is 2.03. The fourth-order valence-corrected chi connectivity index (χ4v) is 1.80. The summed E-state index contributed by atoms with van der Waals surface area (Å²) in [5.74, 6) is 0.830. The molecule has 0 radical (unpaired) electrons. The Balaban J connectivity index is 1.90. The van der Waals surface area contributed by atoms with Crippen molar-refractivity contribution in [2.75, 3.05) is 12.3 Å². The number of aromatic nitrogens is 3. The molecule has 1 aromatic heterocycles. The molecule has 5 nitrogen and oxygen atoms in total. The lowest BCUT2D eigenvalue weighted by Gasteiger charge is -2.08. The molecule has 0 aliphatic carbocycles. The molecule has 0 aliphatic heterocycles. The van der Waals surface area contributed by atoms with Crippen LogP contribution in [0.25, 0.3) is 0 Å². The normalized spacial score (nSPS) is 10.6. The monoisotopic (exact) mass is 264 g/mol. The number of ether oxygens (including phenoxy) is 1. The fraction of sp³-hybridized carbons (Fsp3) is 0.385. The van der Waals surface area contributed by atoms with Gasteiger partial charge in [0.05, 0.1) is 12.2 Å². The zero-order valence-electron chi connectivity index (χ0n) is 10.8. The van der Waals surface area contributed by atoms with Crippen LogP contribution in [0.1, 0.15) is 19.0 Å². The van der Waals surface area contributed by atoms with Crippen molar-refractivity contribution >= 4 is 5.82 Å². The van der Waals surface area contributed by atoms with E-state index in [1.165, 1.54) is 12.1 Å². The molecule has 0 unspecified atom stereocenters. The summed E-state index contributed by atoms with van der Waals surface area (Å²) in [5, 5.41) is 7.84. The van der Waals surface area contributed by atoms with Crippen LogP contribution in [0, 0.1) is 5.82 Å². The third kappa shape index (κ3) is 3.43. The van der Waals surface area contributed by atoms with Crippen LogP contribution in [0.4, 0.5) is 10.2 Å². The molecule has 0 aliphatic rings. The van der Waals surface area contributed by atoms with E-state index in [2.05, 4.69) is 17.2 Å². The first kappa shape index (κ1) is 13.3. The van der Waals surface area contributed by atoms with Crippen LogP contribution in [0.5, 0.6) is 5.75 Å². The second-order valence-corrected chi connectivity index (χ2v) is 4.20. The van der Waals surface area contributed by atoms with Gasteiger partial charge in [-0.05, 0) is 30.7 Å². The molecule has 0 saturated heterocycles. The van der Waals surface area contributed by atoms with Gasteiger partial charge in [-0.1, -0.05) is 18.6 Å². The molecule has 0 amide bonds. The van der Waals surface area contributed by atoms with E-state index in [9.17, 15) is 4.39 Å². The summed E-state index contributed by atoms with van der Waals surface area (Å²) in [5.41, 5.74) is 6.69. The third-order valence-electron chi connectivity index (χ3n) is 2.74. The molecule has 0 saturated carbocycles. The average Bonchev–Trinajstić information content (AvgIpc) is 2.74. The van der Waals surface area contributed by atoms with Gasteiger partial charge in [-0.2, -0.15) is 0 Å². The quantitative estimate of drug-likeness (QED) is 0.867. The number of hydrogen-bond acceptors (Lipinski definition) is 4. The smallest absolute Gasteiger partial charge is 0.169 e. The third-order valence-corrected chi connectivity index (χ3v) is 2.74. The van der Waals surface area contributed by atoms with Crippen molar-refractivity contribution in [3.63, 3.8) is 0 Å². The molecule has 2 N–H and O–H groups in total. The summed E-state index contributed by atoms with van der Waals surface area (Å²) in [6.07, 6.45) is 1.83. The SMILES string of the molecule is CCCc1c(N)nnn1CCOc1ccc(F)cc1. The van der Waals surface area contributed by atoms with E-state index < -0.39 is 0 Å². The van der Waals surface area contributed by atoms with Crippen molar-refractivity contribution < 1.29 is 9.13 Å². The highest BCUT2D eigenvalue weighted by Crippen LogP contribution is 2.12. The highest BCUT2D eigenvalue weighted by molar-refractivity contribution is 5.32. The minimum absolute atomic E-state index is 0.276. The number of nitrogens with zero attached hydrogens (tertiary/aromatic N) is 3. The standard InChI is InChI=1S/C13H17FN4O/c1-2-3-12-13(15)16-17-18(12)8-9-19-11-6-4-10(14)5-7-11/h4-7H,2-3,8-9,15H2,1H3. The molecule has 0 spiro atoms. The minimum Gasteiger partial charge on any atom is -0.492 e. The maximum Gasteiger partial charge on any atom is 0.169 e. The van der Waals surface area contributed by atoms with Gasteiger partial charge in [0.2, 0.25) is 0 Å². The molecule has 2 rings (SSSR count). The summed E-state index contributed by atoms with van der Waals surface area (Å²) < 4.78 is 20.0. The van der Waals surface area contributed by atoms with E-state index in [0.29, 0.717) is 24.7 Å². The van der Waals surface area contributed by atoms with Crippen molar-refractivity contribution in [1.82, 2.24) is 15.0 Å². The molecular formula is C13H17FN4O. The molecule has 2 aromatic rings. The highest BCUT2D eigenvalue weighted by atomic mass is 19.1. The van der Waals surface area contributed by atoms with Crippen LogP contribution in [-0.2, 0) is 13.0 Å². The molecule has 0 atom stereocenters. The first-order valence-corrected chi connectivity index (χ1v) is 6.27. The lowest BCUT2D eigenvalue weighted by Crippen LogP contribution is -2.12. The topological polar surface area (TPSA) is 66.0 Å². The zero-order chi connectivity index (χ0) is 13.7. The number of benzene rings is 1. The van der Waals surface area contributed by atoms with E-state index in [-0.39, 0.29) is 5.82 Å². The summed E-state index contributed by atoms with van der Waals surface area (Å²) in [4.78, 5) is 0. The fourth-order valence-electron chi connectivity index (χ4n) is 1.80. The van der Waals surface area contributed by atoms with Crippen LogP contribution in [0.2, 0.25) is 0 Å². The van der Waals surface area contributed by atoms with Gasteiger partial charge in [-0.25, -0.2) is 9.07 Å². The van der Waals surface area contributed by atoms with E-state index in [1.54, 1.807) is 16.8 Å². The summed E-state index contributed by atoms with van der Waals surface area (Å²) in [6.45, 7) is 3.08. The van der Waals surface area contributed by atoms with Gasteiger partial charge >= 0.3 is 0 Å². The van der Waals surface area contributed by atoms with Gasteiger partial charge < -0.3 is 10.5 Å². The molecule has 0 bridgehead atoms. The second kappa shape index (κ2) is 6.17. The molecule has 1 aromatic carbocycles. The summed E-state index contributed by atoms with van der Waals surface area (Å²) in [6, 6.07) is 5.92. The van der Waals surface area contributed by atoms with Gasteiger partial charge in [0.1, 0.15) is 18.2 Å². The zero-order valence-corrected chi connectivity index (χ0v) is 10.8. The number of hydrogen-bond donors (Lipinski definition) is 1. The van der Waals surface area contributed by atoms with Crippen LogP contribution in [-0.4, -0.2) is 21.6 Å². The molecule has 102 valence electrons. The summed E-state index contributed by atoms with van der Waals surface area (Å²) in [7, 11) is 0. The molecule has 0 fully saturated rings. The van der Waals surface area contributed by atoms with Crippen molar-refractivity contribution in [1.29, 1.82) is 0 Å². The number of halogens is 1. The van der Waals surface area contributed by atoms with Crippen molar-refractivity contribution in [3.8, 4) is 5.75 Å². The number of nitrogens with two attached hydrogens (primary N) is 1. The van der Waals surface area contributed by atoms with Crippen LogP contribution < -0.4 is 10.5 Å². The largest absolute Gasteiger partial charge is 0.492 e. The molecule has 19 heavy (non-hydrogen) atoms. The van der Waals surface area contributed by atoms with Crippen molar-refractivity contribution in [3.05, 3.63) is 35.8 Å². The lowest BCUT2D eigenvalue weighted by molar-refractivity contribution is 0.287. The van der Waals surface area contributed by atoms with Gasteiger partial charge in [0.25, 0.3) is 0 Å². The Hall–Kier alpha value is -2.11. The Morgan fingerprint density at radius 1 is 1.32 bits per heavy atom. The maximum absolute atomic E-state index is 12.7. The maximum atomic E-state index is 12.7. The first-order valence-electron chi connectivity index (χ1n) is 6.27. The van der Waals surface area contributed by atoms with Crippen molar-refractivity contribution in [2.45, 2.75) is 26.3 Å². The highest BCUT2D eigenvalue weighted by Gasteiger charge is 2.08. The lowest BCUT2D eigenvalue weighted by atomic mass is 10.2. The Bertz CT molecular complexity index is 524. The van der Waals surface area contributed by atoms with E-state index >= 15 is 0 Å².